The Kier molecular flexibility index (Phi) is 6.60. The number of H-pyrrole nitrogens is 2. The summed E-state index contributed by atoms with van der Waals surface area (Å²) in [6.07, 6.45) is 0. The van der Waals surface area contributed by atoms with E-state index in [0.29, 0.717) is 5.82 Å². The van der Waals surface area contributed by atoms with Crippen molar-refractivity contribution in [2.45, 2.75) is 0 Å². The number of nitro groups is 1. The minimum absolute atomic E-state index is 0.0616. The molecule has 0 spiro atoms. The zero-order valence-corrected chi connectivity index (χ0v) is 20.6. The molecule has 0 bridgehead atoms. The lowest BCUT2D eigenvalue weighted by Gasteiger charge is -1.97. The summed E-state index contributed by atoms with van der Waals surface area (Å²) >= 11 is 0. The number of ether oxygens (including phenoxy) is 2. The highest BCUT2D eigenvalue weighted by Crippen LogP contribution is 2.26. The number of aromatic amines is 2. The molecule has 6 aromatic rings. The fourth-order valence-electron chi connectivity index (χ4n) is 3.89. The van der Waals surface area contributed by atoms with Gasteiger partial charge in [-0.2, -0.15) is 0 Å². The molecular weight excluding hydrogens is 484 g/mol. The smallest absolute Gasteiger partial charge is 0.269 e. The predicted molar refractivity (Wildman–Crippen MR) is 147 cm³/mol. The summed E-state index contributed by atoms with van der Waals surface area (Å²) in [5, 5.41) is 10.6. The number of anilines is 1. The van der Waals surface area contributed by atoms with Crippen LogP contribution < -0.4 is 15.2 Å². The summed E-state index contributed by atoms with van der Waals surface area (Å²) < 4.78 is 10.3. The first-order chi connectivity index (χ1) is 18.4. The second kappa shape index (κ2) is 10.3. The molecule has 190 valence electrons. The van der Waals surface area contributed by atoms with E-state index in [-0.39, 0.29) is 5.69 Å². The summed E-state index contributed by atoms with van der Waals surface area (Å²) in [6, 6.07) is 25.2. The molecule has 0 atom stereocenters. The van der Waals surface area contributed by atoms with Crippen LogP contribution >= 0.6 is 0 Å². The van der Waals surface area contributed by atoms with Crippen molar-refractivity contribution in [1.82, 2.24) is 19.9 Å². The van der Waals surface area contributed by atoms with Gasteiger partial charge in [-0.1, -0.05) is 0 Å². The van der Waals surface area contributed by atoms with Crippen molar-refractivity contribution < 1.29 is 14.4 Å². The standard InChI is InChI=1S/C14H11N3O3.C14H13N3O/c1-20-11-6-7-12-13(8-11)16-14(15-12)9-2-4-10(5-3-9)17(18)19;1-18-11-6-7-12-13(8-11)17-14(16-12)9-2-4-10(15)5-3-9/h2-8H,1H3,(H,15,16);2-8H,15H2,1H3,(H,16,17). The number of nitro benzene ring substituents is 1. The Morgan fingerprint density at radius 2 is 1.16 bits per heavy atom. The van der Waals surface area contributed by atoms with E-state index in [1.54, 1.807) is 26.4 Å². The van der Waals surface area contributed by atoms with Crippen LogP contribution in [0.3, 0.4) is 0 Å². The molecule has 0 amide bonds. The molecule has 0 unspecified atom stereocenters. The van der Waals surface area contributed by atoms with Crippen LogP contribution in [0, 0.1) is 10.1 Å². The Balaban J connectivity index is 0.000000156. The highest BCUT2D eigenvalue weighted by atomic mass is 16.6. The molecule has 0 fully saturated rings. The van der Waals surface area contributed by atoms with Gasteiger partial charge in [-0.3, -0.25) is 10.1 Å². The van der Waals surface area contributed by atoms with Crippen molar-refractivity contribution in [1.29, 1.82) is 0 Å². The lowest BCUT2D eigenvalue weighted by atomic mass is 10.2. The van der Waals surface area contributed by atoms with Gasteiger partial charge in [0.2, 0.25) is 0 Å². The molecule has 0 saturated carbocycles. The van der Waals surface area contributed by atoms with Crippen molar-refractivity contribution in [3.8, 4) is 34.3 Å². The molecule has 6 rings (SSSR count). The number of nitrogens with one attached hydrogen (secondary N) is 2. The number of nitrogen functional groups attached to an aromatic ring is 1. The van der Waals surface area contributed by atoms with E-state index in [0.717, 1.165) is 56.2 Å². The summed E-state index contributed by atoms with van der Waals surface area (Å²) in [4.78, 5) is 25.6. The van der Waals surface area contributed by atoms with Crippen LogP contribution in [0.25, 0.3) is 44.8 Å². The maximum atomic E-state index is 10.6. The summed E-state index contributed by atoms with van der Waals surface area (Å²) in [5.41, 5.74) is 11.8. The zero-order valence-electron chi connectivity index (χ0n) is 20.6. The van der Waals surface area contributed by atoms with E-state index in [2.05, 4.69) is 19.9 Å². The topological polar surface area (TPSA) is 145 Å². The number of fused-ring (bicyclic) bond motifs is 2. The third-order valence-corrected chi connectivity index (χ3v) is 5.91. The molecule has 10 heteroatoms. The summed E-state index contributed by atoms with van der Waals surface area (Å²) in [6.45, 7) is 0. The molecule has 4 aromatic carbocycles. The van der Waals surface area contributed by atoms with Crippen LogP contribution in [0.1, 0.15) is 0 Å². The van der Waals surface area contributed by atoms with Crippen molar-refractivity contribution in [2.75, 3.05) is 20.0 Å². The van der Waals surface area contributed by atoms with E-state index in [1.807, 2.05) is 60.7 Å². The molecule has 38 heavy (non-hydrogen) atoms. The Bertz CT molecular complexity index is 1720. The van der Waals surface area contributed by atoms with Gasteiger partial charge < -0.3 is 25.2 Å². The quantitative estimate of drug-likeness (QED) is 0.148. The second-order valence-corrected chi connectivity index (χ2v) is 8.36. The van der Waals surface area contributed by atoms with E-state index >= 15 is 0 Å². The van der Waals surface area contributed by atoms with Gasteiger partial charge in [0.05, 0.1) is 41.2 Å². The minimum atomic E-state index is -0.423. The monoisotopic (exact) mass is 508 g/mol. The molecule has 0 saturated heterocycles. The van der Waals surface area contributed by atoms with E-state index in [1.165, 1.54) is 12.1 Å². The van der Waals surface area contributed by atoms with Crippen LogP contribution in [0.4, 0.5) is 11.4 Å². The molecule has 0 aliphatic carbocycles. The largest absolute Gasteiger partial charge is 0.497 e. The Morgan fingerprint density at radius 3 is 1.58 bits per heavy atom. The molecule has 0 aliphatic heterocycles. The summed E-state index contributed by atoms with van der Waals surface area (Å²) in [5.74, 6) is 3.06. The average Bonchev–Trinajstić information content (AvgIpc) is 3.57. The Hall–Kier alpha value is -5.38. The number of non-ortho nitro benzene ring substituents is 1. The first-order valence-corrected chi connectivity index (χ1v) is 11.6. The highest BCUT2D eigenvalue weighted by molar-refractivity contribution is 5.81. The molecular formula is C28H24N6O4. The fraction of sp³-hybridized carbons (Fsp3) is 0.0714. The van der Waals surface area contributed by atoms with Crippen molar-refractivity contribution in [2.24, 2.45) is 0 Å². The van der Waals surface area contributed by atoms with Gasteiger partial charge in [0, 0.05) is 41.1 Å². The first-order valence-electron chi connectivity index (χ1n) is 11.6. The van der Waals surface area contributed by atoms with Crippen LogP contribution in [-0.2, 0) is 0 Å². The number of hydrogen-bond donors (Lipinski definition) is 3. The summed E-state index contributed by atoms with van der Waals surface area (Å²) in [7, 11) is 3.26. The maximum absolute atomic E-state index is 10.6. The van der Waals surface area contributed by atoms with Gasteiger partial charge in [-0.25, -0.2) is 9.97 Å². The normalized spacial score (nSPS) is 10.7. The predicted octanol–water partition coefficient (Wildman–Crippen LogP) is 5.97. The van der Waals surface area contributed by atoms with Gasteiger partial charge in [-0.15, -0.1) is 0 Å². The SMILES string of the molecule is COc1ccc2nc(-c3ccc(N)cc3)[nH]c2c1.COc1ccc2nc(-c3ccc([N+](=O)[O-])cc3)[nH]c2c1. The molecule has 2 aromatic heterocycles. The Labute approximate surface area is 217 Å². The Morgan fingerprint density at radius 1 is 0.711 bits per heavy atom. The van der Waals surface area contributed by atoms with Crippen molar-refractivity contribution in [3.63, 3.8) is 0 Å². The van der Waals surface area contributed by atoms with Crippen molar-refractivity contribution >= 4 is 33.4 Å². The third-order valence-electron chi connectivity index (χ3n) is 5.91. The lowest BCUT2D eigenvalue weighted by Crippen LogP contribution is -1.87. The second-order valence-electron chi connectivity index (χ2n) is 8.36. The first kappa shape index (κ1) is 24.3. The number of nitrogens with two attached hydrogens (primary N) is 1. The van der Waals surface area contributed by atoms with Gasteiger partial charge in [0.15, 0.2) is 0 Å². The molecule has 4 N–H and O–H groups in total. The van der Waals surface area contributed by atoms with Crippen LogP contribution in [0.2, 0.25) is 0 Å². The van der Waals surface area contributed by atoms with Crippen molar-refractivity contribution in [3.05, 3.63) is 95.0 Å². The minimum Gasteiger partial charge on any atom is -0.497 e. The molecule has 2 heterocycles. The number of nitrogens with zero attached hydrogens (tertiary/aromatic N) is 3. The molecule has 0 radical (unpaired) electrons. The van der Waals surface area contributed by atoms with Crippen LogP contribution in [0.5, 0.6) is 11.5 Å². The van der Waals surface area contributed by atoms with Gasteiger partial charge in [0.25, 0.3) is 5.69 Å². The van der Waals surface area contributed by atoms with Gasteiger partial charge >= 0.3 is 0 Å². The van der Waals surface area contributed by atoms with Gasteiger partial charge in [-0.05, 0) is 60.7 Å². The number of rotatable bonds is 5. The van der Waals surface area contributed by atoms with E-state index in [9.17, 15) is 10.1 Å². The number of hydrogen-bond acceptors (Lipinski definition) is 7. The number of benzene rings is 4. The number of aromatic nitrogens is 4. The maximum Gasteiger partial charge on any atom is 0.269 e. The highest BCUT2D eigenvalue weighted by Gasteiger charge is 2.09. The van der Waals surface area contributed by atoms with Crippen LogP contribution in [0.15, 0.2) is 84.9 Å². The number of methoxy groups -OCH3 is 2. The number of imidazole rings is 2. The molecule has 0 aliphatic rings. The van der Waals surface area contributed by atoms with Crippen LogP contribution in [-0.4, -0.2) is 39.1 Å². The fourth-order valence-corrected chi connectivity index (χ4v) is 3.89. The van der Waals surface area contributed by atoms with E-state index < -0.39 is 4.92 Å². The third kappa shape index (κ3) is 5.09. The average molecular weight is 509 g/mol. The van der Waals surface area contributed by atoms with Gasteiger partial charge in [0.1, 0.15) is 23.1 Å². The molecule has 10 nitrogen and oxygen atoms in total. The lowest BCUT2D eigenvalue weighted by molar-refractivity contribution is -0.384. The zero-order chi connectivity index (χ0) is 26.6. The van der Waals surface area contributed by atoms with E-state index in [4.69, 9.17) is 15.2 Å².